The maximum atomic E-state index is 4.00. The molecule has 5 heteroatoms. The number of aromatic nitrogens is 3. The van der Waals surface area contributed by atoms with Gasteiger partial charge in [-0.25, -0.2) is 0 Å². The minimum Gasteiger partial charge on any atom is -0.320 e. The van der Waals surface area contributed by atoms with Gasteiger partial charge in [0.05, 0.1) is 6.54 Å². The van der Waals surface area contributed by atoms with Gasteiger partial charge >= 0.3 is 0 Å². The standard InChI is InChI=1S/C9H19N5/c1-8(6-13(2)3)10-5-9-12-11-7-14(9)4/h7-8,10H,5-6H2,1-4H3. The first-order valence-corrected chi connectivity index (χ1v) is 4.80. The lowest BCUT2D eigenvalue weighted by atomic mass is 10.3. The summed E-state index contributed by atoms with van der Waals surface area (Å²) in [5, 5.41) is 11.2. The Hall–Kier alpha value is -0.940. The molecule has 0 aliphatic rings. The van der Waals surface area contributed by atoms with Gasteiger partial charge in [-0.05, 0) is 21.0 Å². The van der Waals surface area contributed by atoms with Crippen LogP contribution in [0, 0.1) is 0 Å². The zero-order chi connectivity index (χ0) is 10.6. The van der Waals surface area contributed by atoms with Crippen molar-refractivity contribution in [2.24, 2.45) is 7.05 Å². The summed E-state index contributed by atoms with van der Waals surface area (Å²) in [5.74, 6) is 0.968. The first-order chi connectivity index (χ1) is 6.59. The number of aryl methyl sites for hydroxylation is 1. The number of hydrogen-bond acceptors (Lipinski definition) is 4. The van der Waals surface area contributed by atoms with Crippen molar-refractivity contribution in [2.45, 2.75) is 19.5 Å². The van der Waals surface area contributed by atoms with Crippen molar-refractivity contribution in [3.63, 3.8) is 0 Å². The van der Waals surface area contributed by atoms with Gasteiger partial charge in [0.2, 0.25) is 0 Å². The third-order valence-corrected chi connectivity index (χ3v) is 2.05. The molecule has 0 aromatic carbocycles. The Morgan fingerprint density at radius 3 is 2.79 bits per heavy atom. The van der Waals surface area contributed by atoms with Gasteiger partial charge in [-0.15, -0.1) is 10.2 Å². The van der Waals surface area contributed by atoms with Gasteiger partial charge in [-0.3, -0.25) is 0 Å². The SMILES string of the molecule is CC(CN(C)C)NCc1nncn1C. The zero-order valence-corrected chi connectivity index (χ0v) is 9.36. The van der Waals surface area contributed by atoms with Crippen molar-refractivity contribution in [3.8, 4) is 0 Å². The Balaban J connectivity index is 2.30. The van der Waals surface area contributed by atoms with Gasteiger partial charge in [0.25, 0.3) is 0 Å². The molecule has 5 nitrogen and oxygen atoms in total. The monoisotopic (exact) mass is 197 g/mol. The van der Waals surface area contributed by atoms with Gasteiger partial charge in [0.15, 0.2) is 0 Å². The van der Waals surface area contributed by atoms with Crippen molar-refractivity contribution in [1.29, 1.82) is 0 Å². The van der Waals surface area contributed by atoms with Crippen LogP contribution in [-0.4, -0.2) is 46.3 Å². The molecule has 1 aromatic rings. The van der Waals surface area contributed by atoms with Crippen LogP contribution in [0.25, 0.3) is 0 Å². The molecule has 1 atom stereocenters. The quantitative estimate of drug-likeness (QED) is 0.713. The maximum Gasteiger partial charge on any atom is 0.146 e. The third kappa shape index (κ3) is 3.43. The average molecular weight is 197 g/mol. The Labute approximate surface area is 85.1 Å². The predicted octanol–water partition coefficient (Wildman–Crippen LogP) is -0.145. The highest BCUT2D eigenvalue weighted by atomic mass is 15.3. The Morgan fingerprint density at radius 2 is 2.29 bits per heavy atom. The number of hydrogen-bond donors (Lipinski definition) is 1. The van der Waals surface area contributed by atoms with Crippen LogP contribution in [0.4, 0.5) is 0 Å². The first-order valence-electron chi connectivity index (χ1n) is 4.80. The molecule has 0 aliphatic carbocycles. The van der Waals surface area contributed by atoms with E-state index in [1.165, 1.54) is 0 Å². The third-order valence-electron chi connectivity index (χ3n) is 2.05. The molecule has 1 unspecified atom stereocenters. The van der Waals surface area contributed by atoms with Crippen LogP contribution in [-0.2, 0) is 13.6 Å². The van der Waals surface area contributed by atoms with E-state index in [4.69, 9.17) is 0 Å². The molecule has 0 fully saturated rings. The van der Waals surface area contributed by atoms with Crippen LogP contribution < -0.4 is 5.32 Å². The second-order valence-electron chi connectivity index (χ2n) is 3.90. The fourth-order valence-electron chi connectivity index (χ4n) is 1.34. The summed E-state index contributed by atoms with van der Waals surface area (Å²) >= 11 is 0. The van der Waals surface area contributed by atoms with E-state index in [9.17, 15) is 0 Å². The van der Waals surface area contributed by atoms with Gasteiger partial charge in [0.1, 0.15) is 12.2 Å². The fourth-order valence-corrected chi connectivity index (χ4v) is 1.34. The minimum absolute atomic E-state index is 0.460. The lowest BCUT2D eigenvalue weighted by Gasteiger charge is -2.17. The molecular formula is C9H19N5. The predicted molar refractivity (Wildman–Crippen MR) is 55.9 cm³/mol. The van der Waals surface area contributed by atoms with Crippen LogP contribution >= 0.6 is 0 Å². The Kier molecular flexibility index (Phi) is 4.03. The van der Waals surface area contributed by atoms with Gasteiger partial charge in [-0.2, -0.15) is 0 Å². The Morgan fingerprint density at radius 1 is 1.57 bits per heavy atom. The largest absolute Gasteiger partial charge is 0.320 e. The normalized spacial score (nSPS) is 13.5. The molecule has 0 bridgehead atoms. The summed E-state index contributed by atoms with van der Waals surface area (Å²) < 4.78 is 1.93. The van der Waals surface area contributed by atoms with Crippen molar-refractivity contribution in [3.05, 3.63) is 12.2 Å². The summed E-state index contributed by atoms with van der Waals surface area (Å²) in [4.78, 5) is 2.16. The lowest BCUT2D eigenvalue weighted by molar-refractivity contribution is 0.346. The topological polar surface area (TPSA) is 46.0 Å². The summed E-state index contributed by atoms with van der Waals surface area (Å²) in [6.45, 7) is 3.96. The van der Waals surface area contributed by atoms with Crippen molar-refractivity contribution < 1.29 is 0 Å². The second-order valence-corrected chi connectivity index (χ2v) is 3.90. The van der Waals surface area contributed by atoms with E-state index in [0.29, 0.717) is 6.04 Å². The molecule has 1 heterocycles. The lowest BCUT2D eigenvalue weighted by Crippen LogP contribution is -2.35. The van der Waals surface area contributed by atoms with Crippen molar-refractivity contribution in [2.75, 3.05) is 20.6 Å². The fraction of sp³-hybridized carbons (Fsp3) is 0.778. The van der Waals surface area contributed by atoms with E-state index in [1.807, 2.05) is 11.6 Å². The molecule has 0 aliphatic heterocycles. The molecular weight excluding hydrogens is 178 g/mol. The number of nitrogens with one attached hydrogen (secondary N) is 1. The zero-order valence-electron chi connectivity index (χ0n) is 9.36. The molecule has 0 amide bonds. The van der Waals surface area contributed by atoms with Crippen LogP contribution in [0.2, 0.25) is 0 Å². The summed E-state index contributed by atoms with van der Waals surface area (Å²) in [6.07, 6.45) is 1.72. The molecule has 0 spiro atoms. The number of nitrogens with zero attached hydrogens (tertiary/aromatic N) is 4. The van der Waals surface area contributed by atoms with Gasteiger partial charge < -0.3 is 14.8 Å². The maximum absolute atomic E-state index is 4.00. The van der Waals surface area contributed by atoms with Crippen LogP contribution in [0.15, 0.2) is 6.33 Å². The summed E-state index contributed by atoms with van der Waals surface area (Å²) in [6, 6.07) is 0.460. The van der Waals surface area contributed by atoms with E-state index < -0.39 is 0 Å². The van der Waals surface area contributed by atoms with E-state index in [1.54, 1.807) is 6.33 Å². The van der Waals surface area contributed by atoms with Crippen LogP contribution in [0.3, 0.4) is 0 Å². The highest BCUT2D eigenvalue weighted by Crippen LogP contribution is 1.92. The molecule has 1 N–H and O–H groups in total. The van der Waals surface area contributed by atoms with Crippen LogP contribution in [0.1, 0.15) is 12.7 Å². The number of likely N-dealkylation sites (N-methyl/N-ethyl adjacent to an activating group) is 1. The Bertz CT molecular complexity index is 268. The van der Waals surface area contributed by atoms with Crippen molar-refractivity contribution in [1.82, 2.24) is 25.0 Å². The molecule has 0 saturated heterocycles. The number of rotatable bonds is 5. The van der Waals surface area contributed by atoms with E-state index >= 15 is 0 Å². The second kappa shape index (κ2) is 5.07. The highest BCUT2D eigenvalue weighted by Gasteiger charge is 2.05. The smallest absolute Gasteiger partial charge is 0.146 e. The molecule has 0 saturated carbocycles. The van der Waals surface area contributed by atoms with E-state index in [-0.39, 0.29) is 0 Å². The first kappa shape index (κ1) is 11.1. The molecule has 14 heavy (non-hydrogen) atoms. The highest BCUT2D eigenvalue weighted by molar-refractivity contribution is 4.84. The minimum atomic E-state index is 0.460. The summed E-state index contributed by atoms with van der Waals surface area (Å²) in [5.41, 5.74) is 0. The van der Waals surface area contributed by atoms with Gasteiger partial charge in [0, 0.05) is 19.6 Å². The average Bonchev–Trinajstić information content (AvgIpc) is 2.46. The van der Waals surface area contributed by atoms with E-state index in [2.05, 4.69) is 41.4 Å². The molecule has 1 rings (SSSR count). The van der Waals surface area contributed by atoms with Crippen LogP contribution in [0.5, 0.6) is 0 Å². The van der Waals surface area contributed by atoms with E-state index in [0.717, 1.165) is 18.9 Å². The van der Waals surface area contributed by atoms with Crippen molar-refractivity contribution >= 4 is 0 Å². The molecule has 1 aromatic heterocycles. The molecule has 80 valence electrons. The molecule has 0 radical (unpaired) electrons. The summed E-state index contributed by atoms with van der Waals surface area (Å²) in [7, 11) is 6.09. The van der Waals surface area contributed by atoms with Gasteiger partial charge in [-0.1, -0.05) is 0 Å².